The van der Waals surface area contributed by atoms with Gasteiger partial charge in [-0.15, -0.1) is 0 Å². The van der Waals surface area contributed by atoms with Gasteiger partial charge in [-0.05, 0) is 37.2 Å². The topological polar surface area (TPSA) is 29.1 Å². The van der Waals surface area contributed by atoms with Crippen LogP contribution in [0.4, 0.5) is 4.39 Å². The summed E-state index contributed by atoms with van der Waals surface area (Å²) in [5.74, 6) is -0.268. The summed E-state index contributed by atoms with van der Waals surface area (Å²) in [5.41, 5.74) is 0.293. The molecule has 0 radical (unpaired) electrons. The Hall–Kier alpha value is -0.930. The number of ketones is 1. The lowest BCUT2D eigenvalue weighted by atomic mass is 9.83. The second-order valence-electron chi connectivity index (χ2n) is 4.20. The highest BCUT2D eigenvalue weighted by Gasteiger charge is 2.30. The van der Waals surface area contributed by atoms with E-state index in [0.717, 1.165) is 13.1 Å². The SMILES string of the molecule is CC(C(=O)c1cc(F)ccc1Cl)C1CNC1. The van der Waals surface area contributed by atoms with Gasteiger partial charge >= 0.3 is 0 Å². The summed E-state index contributed by atoms with van der Waals surface area (Å²) in [7, 11) is 0. The standard InChI is InChI=1S/C12H13ClFNO/c1-7(8-5-15-6-8)12(16)10-4-9(14)2-3-11(10)13/h2-4,7-8,15H,5-6H2,1H3. The highest BCUT2D eigenvalue weighted by molar-refractivity contribution is 6.34. The second kappa shape index (κ2) is 4.52. The molecule has 1 atom stereocenters. The fourth-order valence-electron chi connectivity index (χ4n) is 1.81. The van der Waals surface area contributed by atoms with E-state index in [9.17, 15) is 9.18 Å². The van der Waals surface area contributed by atoms with Gasteiger partial charge in [0, 0.05) is 11.5 Å². The Labute approximate surface area is 98.8 Å². The first-order chi connectivity index (χ1) is 7.59. The van der Waals surface area contributed by atoms with Crippen molar-refractivity contribution in [3.63, 3.8) is 0 Å². The lowest BCUT2D eigenvalue weighted by Crippen LogP contribution is -2.47. The van der Waals surface area contributed by atoms with Gasteiger partial charge in [0.25, 0.3) is 0 Å². The van der Waals surface area contributed by atoms with Gasteiger partial charge in [-0.2, -0.15) is 0 Å². The van der Waals surface area contributed by atoms with E-state index >= 15 is 0 Å². The van der Waals surface area contributed by atoms with Gasteiger partial charge in [-0.3, -0.25) is 4.79 Å². The maximum absolute atomic E-state index is 13.0. The predicted octanol–water partition coefficient (Wildman–Crippen LogP) is 2.52. The molecule has 0 bridgehead atoms. The average molecular weight is 242 g/mol. The Morgan fingerprint density at radius 1 is 1.56 bits per heavy atom. The molecule has 4 heteroatoms. The van der Waals surface area contributed by atoms with Crippen LogP contribution in [0.25, 0.3) is 0 Å². The van der Waals surface area contributed by atoms with Crippen LogP contribution in [0.3, 0.4) is 0 Å². The molecule has 1 heterocycles. The third kappa shape index (κ3) is 2.11. The Balaban J connectivity index is 2.22. The molecule has 0 amide bonds. The highest BCUT2D eigenvalue weighted by Crippen LogP contribution is 2.25. The van der Waals surface area contributed by atoms with Crippen LogP contribution in [0.5, 0.6) is 0 Å². The summed E-state index contributed by atoms with van der Waals surface area (Å²) >= 11 is 5.90. The molecule has 2 nitrogen and oxygen atoms in total. The maximum atomic E-state index is 13.0. The van der Waals surface area contributed by atoms with Crippen LogP contribution in [0.15, 0.2) is 18.2 Å². The Morgan fingerprint density at radius 2 is 2.25 bits per heavy atom. The van der Waals surface area contributed by atoms with E-state index in [0.29, 0.717) is 16.5 Å². The third-order valence-electron chi connectivity index (χ3n) is 3.13. The lowest BCUT2D eigenvalue weighted by Gasteiger charge is -2.31. The average Bonchev–Trinajstić information content (AvgIpc) is 2.18. The highest BCUT2D eigenvalue weighted by atomic mass is 35.5. The number of carbonyl (C=O) groups is 1. The van der Waals surface area contributed by atoms with E-state index in [-0.39, 0.29) is 11.7 Å². The molecule has 1 aromatic rings. The van der Waals surface area contributed by atoms with Crippen LogP contribution in [-0.4, -0.2) is 18.9 Å². The zero-order valence-corrected chi connectivity index (χ0v) is 9.72. The van der Waals surface area contributed by atoms with Crippen LogP contribution in [-0.2, 0) is 0 Å². The first-order valence-electron chi connectivity index (χ1n) is 5.29. The van der Waals surface area contributed by atoms with Crippen molar-refractivity contribution >= 4 is 17.4 Å². The quantitative estimate of drug-likeness (QED) is 0.824. The predicted molar refractivity (Wildman–Crippen MR) is 61.3 cm³/mol. The lowest BCUT2D eigenvalue weighted by molar-refractivity contribution is 0.0853. The molecule has 1 aliphatic heterocycles. The number of Topliss-reactive ketones (excluding diaryl/α,β-unsaturated/α-hetero) is 1. The molecule has 1 fully saturated rings. The van der Waals surface area contributed by atoms with E-state index in [1.165, 1.54) is 18.2 Å². The van der Waals surface area contributed by atoms with Crippen LogP contribution < -0.4 is 5.32 Å². The van der Waals surface area contributed by atoms with Crippen LogP contribution >= 0.6 is 11.6 Å². The summed E-state index contributed by atoms with van der Waals surface area (Å²) < 4.78 is 13.0. The van der Waals surface area contributed by atoms with E-state index in [1.807, 2.05) is 6.92 Å². The minimum absolute atomic E-state index is 0.0731. The van der Waals surface area contributed by atoms with Crippen LogP contribution in [0, 0.1) is 17.7 Å². The van der Waals surface area contributed by atoms with Gasteiger partial charge < -0.3 is 5.32 Å². The largest absolute Gasteiger partial charge is 0.316 e. The van der Waals surface area contributed by atoms with Gasteiger partial charge in [0.15, 0.2) is 5.78 Å². The molecule has 1 saturated heterocycles. The molecule has 16 heavy (non-hydrogen) atoms. The molecule has 0 aromatic heterocycles. The first kappa shape index (κ1) is 11.6. The van der Waals surface area contributed by atoms with E-state index < -0.39 is 5.82 Å². The minimum Gasteiger partial charge on any atom is -0.316 e. The van der Waals surface area contributed by atoms with Gasteiger partial charge in [-0.25, -0.2) is 4.39 Å². The van der Waals surface area contributed by atoms with Crippen LogP contribution in [0.1, 0.15) is 17.3 Å². The number of hydrogen-bond acceptors (Lipinski definition) is 2. The fourth-order valence-corrected chi connectivity index (χ4v) is 2.02. The van der Waals surface area contributed by atoms with Gasteiger partial charge in [0.05, 0.1) is 5.02 Å². The Morgan fingerprint density at radius 3 is 2.81 bits per heavy atom. The van der Waals surface area contributed by atoms with Crippen molar-refractivity contribution in [1.82, 2.24) is 5.32 Å². The molecule has 1 N–H and O–H groups in total. The second-order valence-corrected chi connectivity index (χ2v) is 4.60. The fraction of sp³-hybridized carbons (Fsp3) is 0.417. The van der Waals surface area contributed by atoms with Crippen molar-refractivity contribution in [3.8, 4) is 0 Å². The van der Waals surface area contributed by atoms with Gasteiger partial charge in [0.1, 0.15) is 5.82 Å². The number of hydrogen-bond donors (Lipinski definition) is 1. The normalized spacial score (nSPS) is 17.9. The minimum atomic E-state index is -0.424. The van der Waals surface area contributed by atoms with Crippen molar-refractivity contribution in [2.45, 2.75) is 6.92 Å². The van der Waals surface area contributed by atoms with Crippen LogP contribution in [0.2, 0.25) is 5.02 Å². The zero-order chi connectivity index (χ0) is 11.7. The number of nitrogens with one attached hydrogen (secondary N) is 1. The smallest absolute Gasteiger partial charge is 0.167 e. The number of carbonyl (C=O) groups excluding carboxylic acids is 1. The van der Waals surface area contributed by atoms with Crippen molar-refractivity contribution in [1.29, 1.82) is 0 Å². The maximum Gasteiger partial charge on any atom is 0.167 e. The molecular formula is C12H13ClFNO. The zero-order valence-electron chi connectivity index (χ0n) is 8.97. The Bertz CT molecular complexity index is 417. The molecule has 1 aromatic carbocycles. The molecule has 2 rings (SSSR count). The molecule has 1 aliphatic rings. The molecule has 0 spiro atoms. The monoisotopic (exact) mass is 241 g/mol. The number of benzene rings is 1. The molecule has 86 valence electrons. The molecule has 0 aliphatic carbocycles. The summed E-state index contributed by atoms with van der Waals surface area (Å²) in [6, 6.07) is 3.90. The van der Waals surface area contributed by atoms with Crippen molar-refractivity contribution in [2.75, 3.05) is 13.1 Å². The number of rotatable bonds is 3. The number of halogens is 2. The van der Waals surface area contributed by atoms with Gasteiger partial charge in [-0.1, -0.05) is 18.5 Å². The van der Waals surface area contributed by atoms with E-state index in [1.54, 1.807) is 0 Å². The molecule has 0 saturated carbocycles. The Kier molecular flexibility index (Phi) is 3.26. The van der Waals surface area contributed by atoms with Crippen molar-refractivity contribution in [3.05, 3.63) is 34.6 Å². The van der Waals surface area contributed by atoms with E-state index in [2.05, 4.69) is 5.32 Å². The summed E-state index contributed by atoms with van der Waals surface area (Å²) in [6.45, 7) is 3.56. The summed E-state index contributed by atoms with van der Waals surface area (Å²) in [4.78, 5) is 12.1. The molecule has 1 unspecified atom stereocenters. The first-order valence-corrected chi connectivity index (χ1v) is 5.67. The van der Waals surface area contributed by atoms with Crippen molar-refractivity contribution in [2.24, 2.45) is 11.8 Å². The summed E-state index contributed by atoms with van der Waals surface area (Å²) in [6.07, 6.45) is 0. The third-order valence-corrected chi connectivity index (χ3v) is 3.46. The van der Waals surface area contributed by atoms with E-state index in [4.69, 9.17) is 11.6 Å². The molecular weight excluding hydrogens is 229 g/mol. The van der Waals surface area contributed by atoms with Crippen molar-refractivity contribution < 1.29 is 9.18 Å². The summed E-state index contributed by atoms with van der Waals surface area (Å²) in [5, 5.41) is 3.44. The van der Waals surface area contributed by atoms with Gasteiger partial charge in [0.2, 0.25) is 0 Å².